The van der Waals surface area contributed by atoms with Crippen molar-refractivity contribution in [3.63, 3.8) is 0 Å². The summed E-state index contributed by atoms with van der Waals surface area (Å²) in [6.45, 7) is 0.672. The van der Waals surface area contributed by atoms with Crippen molar-refractivity contribution in [2.75, 3.05) is 20.2 Å². The molecule has 4 rings (SSSR count). The standard InChI is InChI=1S/C17H17ClN2O4S/c1-24-17(21)19-9-13-8-12(19)10-20(13)25(22,23)14-5-6-15-11(7-14)3-2-4-16(15)18/h2-7,12-13H,8-10H2,1H3. The van der Waals surface area contributed by atoms with Gasteiger partial charge in [0, 0.05) is 29.5 Å². The van der Waals surface area contributed by atoms with Gasteiger partial charge in [0.25, 0.3) is 0 Å². The number of methoxy groups -OCH3 is 1. The minimum atomic E-state index is -3.62. The van der Waals surface area contributed by atoms with E-state index in [1.165, 1.54) is 11.4 Å². The molecule has 2 bridgehead atoms. The zero-order valence-corrected chi connectivity index (χ0v) is 15.1. The van der Waals surface area contributed by atoms with Gasteiger partial charge in [-0.2, -0.15) is 4.31 Å². The molecule has 25 heavy (non-hydrogen) atoms. The third kappa shape index (κ3) is 2.58. The minimum Gasteiger partial charge on any atom is -0.453 e. The number of halogens is 1. The average molecular weight is 381 g/mol. The van der Waals surface area contributed by atoms with E-state index in [1.807, 2.05) is 6.07 Å². The quantitative estimate of drug-likeness (QED) is 0.803. The lowest BCUT2D eigenvalue weighted by molar-refractivity contribution is 0.104. The first-order valence-corrected chi connectivity index (χ1v) is 9.78. The topological polar surface area (TPSA) is 66.9 Å². The van der Waals surface area contributed by atoms with Gasteiger partial charge in [0.2, 0.25) is 10.0 Å². The SMILES string of the molecule is COC(=O)N1CC2CC1CN2S(=O)(=O)c1ccc2c(Cl)cccc2c1. The van der Waals surface area contributed by atoms with Gasteiger partial charge in [0.1, 0.15) is 0 Å². The van der Waals surface area contributed by atoms with E-state index in [4.69, 9.17) is 16.3 Å². The van der Waals surface area contributed by atoms with Crippen LogP contribution < -0.4 is 0 Å². The second-order valence-corrected chi connectivity index (χ2v) is 8.66. The highest BCUT2D eigenvalue weighted by Crippen LogP contribution is 2.36. The Morgan fingerprint density at radius 1 is 1.20 bits per heavy atom. The lowest BCUT2D eigenvalue weighted by Gasteiger charge is -2.32. The predicted octanol–water partition coefficient (Wildman–Crippen LogP) is 2.71. The van der Waals surface area contributed by atoms with Gasteiger partial charge in [-0.15, -0.1) is 0 Å². The summed E-state index contributed by atoms with van der Waals surface area (Å²) in [7, 11) is -2.28. The number of nitrogens with zero attached hydrogens (tertiary/aromatic N) is 2. The third-order valence-corrected chi connectivity index (χ3v) is 7.25. The molecule has 0 aromatic heterocycles. The number of carbonyl (C=O) groups excluding carboxylic acids is 1. The Labute approximate surface area is 151 Å². The number of hydrogen-bond donors (Lipinski definition) is 0. The van der Waals surface area contributed by atoms with E-state index >= 15 is 0 Å². The number of fused-ring (bicyclic) bond motifs is 3. The Morgan fingerprint density at radius 3 is 2.68 bits per heavy atom. The smallest absolute Gasteiger partial charge is 0.409 e. The van der Waals surface area contributed by atoms with Crippen molar-refractivity contribution in [2.45, 2.75) is 23.4 Å². The van der Waals surface area contributed by atoms with Crippen molar-refractivity contribution in [1.82, 2.24) is 9.21 Å². The van der Waals surface area contributed by atoms with E-state index in [2.05, 4.69) is 0 Å². The van der Waals surface area contributed by atoms with Crippen molar-refractivity contribution >= 4 is 38.5 Å². The molecule has 2 aromatic carbocycles. The first-order valence-electron chi connectivity index (χ1n) is 7.96. The Bertz CT molecular complexity index is 962. The van der Waals surface area contributed by atoms with Crippen molar-refractivity contribution in [1.29, 1.82) is 0 Å². The maximum atomic E-state index is 13.1. The highest BCUT2D eigenvalue weighted by Gasteiger charge is 2.50. The second kappa shape index (κ2) is 5.86. The number of hydrogen-bond acceptors (Lipinski definition) is 4. The van der Waals surface area contributed by atoms with Gasteiger partial charge in [-0.3, -0.25) is 0 Å². The summed E-state index contributed by atoms with van der Waals surface area (Å²) in [5.41, 5.74) is 0. The molecule has 8 heteroatoms. The van der Waals surface area contributed by atoms with Gasteiger partial charge in [-0.1, -0.05) is 29.8 Å². The van der Waals surface area contributed by atoms with Crippen LogP contribution in [0.4, 0.5) is 4.79 Å². The van der Waals surface area contributed by atoms with Crippen molar-refractivity contribution in [3.05, 3.63) is 41.4 Å². The molecule has 2 fully saturated rings. The normalized spacial score (nSPS) is 23.4. The first-order chi connectivity index (χ1) is 11.9. The molecule has 132 valence electrons. The second-order valence-electron chi connectivity index (χ2n) is 6.36. The van der Waals surface area contributed by atoms with Crippen LogP contribution in [0.15, 0.2) is 41.3 Å². The molecule has 2 aliphatic rings. The van der Waals surface area contributed by atoms with Crippen LogP contribution in [0.1, 0.15) is 6.42 Å². The number of likely N-dealkylation sites (tertiary alicyclic amines) is 1. The van der Waals surface area contributed by atoms with E-state index in [1.54, 1.807) is 35.2 Å². The molecule has 2 heterocycles. The van der Waals surface area contributed by atoms with Crippen LogP contribution in [0.5, 0.6) is 0 Å². The summed E-state index contributed by atoms with van der Waals surface area (Å²) >= 11 is 6.15. The molecule has 2 atom stereocenters. The van der Waals surface area contributed by atoms with Crippen LogP contribution in [0, 0.1) is 0 Å². The Hall–Kier alpha value is -1.83. The lowest BCUT2D eigenvalue weighted by Crippen LogP contribution is -2.50. The largest absolute Gasteiger partial charge is 0.453 e. The van der Waals surface area contributed by atoms with Gasteiger partial charge in [-0.25, -0.2) is 13.2 Å². The molecule has 2 aromatic rings. The number of benzene rings is 2. The monoisotopic (exact) mass is 380 g/mol. The third-order valence-electron chi connectivity index (χ3n) is 5.00. The zero-order valence-electron chi connectivity index (χ0n) is 13.6. The average Bonchev–Trinajstić information content (AvgIpc) is 3.22. The van der Waals surface area contributed by atoms with Gasteiger partial charge in [0.15, 0.2) is 0 Å². The van der Waals surface area contributed by atoms with Crippen molar-refractivity contribution in [2.24, 2.45) is 0 Å². The zero-order chi connectivity index (χ0) is 17.8. The number of sulfonamides is 1. The van der Waals surface area contributed by atoms with Crippen LogP contribution in [-0.4, -0.2) is 56.0 Å². The number of piperazine rings is 1. The van der Waals surface area contributed by atoms with Crippen LogP contribution in [0.25, 0.3) is 10.8 Å². The molecule has 0 spiro atoms. The Balaban J connectivity index is 1.65. The van der Waals surface area contributed by atoms with E-state index in [9.17, 15) is 13.2 Å². The van der Waals surface area contributed by atoms with Crippen molar-refractivity contribution < 1.29 is 17.9 Å². The molecule has 0 aliphatic carbocycles. The Kier molecular flexibility index (Phi) is 3.90. The fourth-order valence-corrected chi connectivity index (χ4v) is 5.73. The number of rotatable bonds is 2. The van der Waals surface area contributed by atoms with Gasteiger partial charge in [0.05, 0.1) is 18.0 Å². The van der Waals surface area contributed by atoms with E-state index < -0.39 is 16.1 Å². The fourth-order valence-electron chi connectivity index (χ4n) is 3.78. The molecule has 0 N–H and O–H groups in total. The van der Waals surface area contributed by atoms with E-state index in [-0.39, 0.29) is 17.0 Å². The molecule has 2 aliphatic heterocycles. The minimum absolute atomic E-state index is 0.123. The van der Waals surface area contributed by atoms with Crippen LogP contribution in [0.2, 0.25) is 5.02 Å². The van der Waals surface area contributed by atoms with Crippen LogP contribution in [-0.2, 0) is 14.8 Å². The van der Waals surface area contributed by atoms with E-state index in [0.29, 0.717) is 24.5 Å². The molecule has 6 nitrogen and oxygen atoms in total. The summed E-state index contributed by atoms with van der Waals surface area (Å²) in [4.78, 5) is 13.6. The summed E-state index contributed by atoms with van der Waals surface area (Å²) in [5, 5.41) is 2.20. The van der Waals surface area contributed by atoms with Crippen LogP contribution in [0.3, 0.4) is 0 Å². The molecular formula is C17H17ClN2O4S. The van der Waals surface area contributed by atoms with Gasteiger partial charge in [-0.05, 0) is 30.0 Å². The molecule has 0 saturated carbocycles. The summed E-state index contributed by atoms with van der Waals surface area (Å²) < 4.78 is 32.4. The maximum absolute atomic E-state index is 13.1. The highest BCUT2D eigenvalue weighted by atomic mass is 35.5. The van der Waals surface area contributed by atoms with Crippen LogP contribution >= 0.6 is 11.6 Å². The first kappa shape index (κ1) is 16.6. The number of amides is 1. The number of ether oxygens (including phenoxy) is 1. The molecule has 0 radical (unpaired) electrons. The molecular weight excluding hydrogens is 364 g/mol. The summed E-state index contributed by atoms with van der Waals surface area (Å²) in [5.74, 6) is 0. The summed E-state index contributed by atoms with van der Waals surface area (Å²) in [6.07, 6.45) is 0.248. The molecule has 2 unspecified atom stereocenters. The molecule has 2 saturated heterocycles. The van der Waals surface area contributed by atoms with Gasteiger partial charge < -0.3 is 9.64 Å². The predicted molar refractivity (Wildman–Crippen MR) is 94.2 cm³/mol. The van der Waals surface area contributed by atoms with E-state index in [0.717, 1.165) is 10.8 Å². The lowest BCUT2D eigenvalue weighted by atomic mass is 10.1. The Morgan fingerprint density at radius 2 is 2.00 bits per heavy atom. The highest BCUT2D eigenvalue weighted by molar-refractivity contribution is 7.89. The fraction of sp³-hybridized carbons (Fsp3) is 0.353. The molecule has 1 amide bonds. The van der Waals surface area contributed by atoms with Crippen molar-refractivity contribution in [3.8, 4) is 0 Å². The summed E-state index contributed by atoms with van der Waals surface area (Å²) in [6, 6.07) is 10.1. The maximum Gasteiger partial charge on any atom is 0.409 e. The number of carbonyl (C=O) groups is 1. The van der Waals surface area contributed by atoms with Gasteiger partial charge >= 0.3 is 6.09 Å².